The zero-order chi connectivity index (χ0) is 17.8. The summed E-state index contributed by atoms with van der Waals surface area (Å²) in [5.74, 6) is -0.749. The molecule has 0 saturated heterocycles. The fraction of sp³-hybridized carbons (Fsp3) is 0.105. The number of nitrogen functional groups attached to an aromatic ring is 1. The Labute approximate surface area is 149 Å². The summed E-state index contributed by atoms with van der Waals surface area (Å²) < 4.78 is 0. The molecule has 0 aliphatic heterocycles. The second kappa shape index (κ2) is 7.27. The highest BCUT2D eigenvalue weighted by Crippen LogP contribution is 2.26. The molecular weight excluding hydrogens is 334 g/mol. The van der Waals surface area contributed by atoms with Gasteiger partial charge in [0.1, 0.15) is 5.84 Å². The molecule has 0 aliphatic carbocycles. The normalized spacial score (nSPS) is 10.6. The van der Waals surface area contributed by atoms with Gasteiger partial charge in [-0.15, -0.1) is 11.3 Å². The van der Waals surface area contributed by atoms with Gasteiger partial charge in [0.05, 0.1) is 17.1 Å². The molecule has 0 spiro atoms. The summed E-state index contributed by atoms with van der Waals surface area (Å²) in [4.78, 5) is 15.1. The van der Waals surface area contributed by atoms with E-state index >= 15 is 0 Å². The van der Waals surface area contributed by atoms with Gasteiger partial charge in [-0.3, -0.25) is 10.2 Å². The van der Waals surface area contributed by atoms with Gasteiger partial charge >= 0.3 is 5.97 Å². The minimum atomic E-state index is -0.808. The zero-order valence-electron chi connectivity index (χ0n) is 13.4. The Kier molecular flexibility index (Phi) is 4.90. The van der Waals surface area contributed by atoms with Crippen LogP contribution >= 0.6 is 11.3 Å². The van der Waals surface area contributed by atoms with Crippen LogP contribution in [0.2, 0.25) is 0 Å². The number of aliphatic carboxylic acids is 1. The van der Waals surface area contributed by atoms with E-state index in [1.165, 1.54) is 11.3 Å². The summed E-state index contributed by atoms with van der Waals surface area (Å²) in [6, 6.07) is 15.6. The average molecular weight is 351 g/mol. The standard InChI is InChI=1S/C19H17N3O2S/c20-19(21)15-7-3-13(4-8-15)12-1-5-14(6-2-12)16-11-25-17(22-16)9-10-18(23)24/h1-8,11H,9-10H2,(H3,20,21)(H,23,24). The summed E-state index contributed by atoms with van der Waals surface area (Å²) in [5, 5.41) is 19.0. The molecule has 0 atom stereocenters. The van der Waals surface area contributed by atoms with E-state index in [-0.39, 0.29) is 12.3 Å². The van der Waals surface area contributed by atoms with Crippen LogP contribution in [0.25, 0.3) is 22.4 Å². The number of benzene rings is 2. The van der Waals surface area contributed by atoms with E-state index in [2.05, 4.69) is 4.98 Å². The van der Waals surface area contributed by atoms with Gasteiger partial charge in [0.15, 0.2) is 0 Å². The van der Waals surface area contributed by atoms with Gasteiger partial charge in [0.2, 0.25) is 0 Å². The van der Waals surface area contributed by atoms with Crippen LogP contribution in [0.5, 0.6) is 0 Å². The summed E-state index contributed by atoms with van der Waals surface area (Å²) in [7, 11) is 0. The molecule has 25 heavy (non-hydrogen) atoms. The lowest BCUT2D eigenvalue weighted by Crippen LogP contribution is -2.10. The minimum absolute atomic E-state index is 0.0594. The lowest BCUT2D eigenvalue weighted by molar-refractivity contribution is -0.136. The molecule has 5 nitrogen and oxygen atoms in total. The fourth-order valence-corrected chi connectivity index (χ4v) is 3.26. The van der Waals surface area contributed by atoms with E-state index in [1.54, 1.807) is 0 Å². The molecule has 0 fully saturated rings. The van der Waals surface area contributed by atoms with Gasteiger partial charge in [0, 0.05) is 22.9 Å². The molecule has 0 aliphatic rings. The van der Waals surface area contributed by atoms with Crippen LogP contribution in [0.4, 0.5) is 0 Å². The van der Waals surface area contributed by atoms with Crippen molar-refractivity contribution in [3.63, 3.8) is 0 Å². The SMILES string of the molecule is N=C(N)c1ccc(-c2ccc(-c3csc(CCC(=O)O)n3)cc2)cc1. The molecule has 6 heteroatoms. The number of aryl methyl sites for hydroxylation is 1. The van der Waals surface area contributed by atoms with Crippen molar-refractivity contribution < 1.29 is 9.90 Å². The van der Waals surface area contributed by atoms with Crippen molar-refractivity contribution >= 4 is 23.1 Å². The molecule has 0 unspecified atom stereocenters. The molecule has 0 radical (unpaired) electrons. The number of thiazole rings is 1. The fourth-order valence-electron chi connectivity index (χ4n) is 2.45. The van der Waals surface area contributed by atoms with Crippen LogP contribution in [0.1, 0.15) is 17.0 Å². The molecule has 3 aromatic rings. The molecule has 0 bridgehead atoms. The highest BCUT2D eigenvalue weighted by Gasteiger charge is 2.07. The Morgan fingerprint density at radius 3 is 2.16 bits per heavy atom. The van der Waals surface area contributed by atoms with Crippen molar-refractivity contribution in [3.05, 3.63) is 64.5 Å². The summed E-state index contributed by atoms with van der Waals surface area (Å²) >= 11 is 1.48. The summed E-state index contributed by atoms with van der Waals surface area (Å²) in [6.45, 7) is 0. The van der Waals surface area contributed by atoms with Gasteiger partial charge in [-0.2, -0.15) is 0 Å². The number of hydrogen-bond acceptors (Lipinski definition) is 4. The van der Waals surface area contributed by atoms with Crippen molar-refractivity contribution in [1.29, 1.82) is 5.41 Å². The molecule has 3 rings (SSSR count). The smallest absolute Gasteiger partial charge is 0.303 e. The number of aromatic nitrogens is 1. The van der Waals surface area contributed by atoms with Gasteiger partial charge < -0.3 is 10.8 Å². The maximum absolute atomic E-state index is 10.6. The topological polar surface area (TPSA) is 100 Å². The minimum Gasteiger partial charge on any atom is -0.481 e. The molecule has 1 heterocycles. The second-order valence-corrected chi connectivity index (χ2v) is 6.53. The van der Waals surface area contributed by atoms with Crippen molar-refractivity contribution in [1.82, 2.24) is 4.98 Å². The predicted molar refractivity (Wildman–Crippen MR) is 100.0 cm³/mol. The first-order chi connectivity index (χ1) is 12.0. The van der Waals surface area contributed by atoms with Crippen molar-refractivity contribution in [2.24, 2.45) is 5.73 Å². The van der Waals surface area contributed by atoms with E-state index in [0.717, 1.165) is 27.4 Å². The number of nitrogens with two attached hydrogens (primary N) is 1. The summed E-state index contributed by atoms with van der Waals surface area (Å²) in [6.07, 6.45) is 0.558. The van der Waals surface area contributed by atoms with Crippen molar-refractivity contribution in [2.75, 3.05) is 0 Å². The molecule has 2 aromatic carbocycles. The van der Waals surface area contributed by atoms with Gasteiger partial charge in [-0.05, 0) is 11.1 Å². The Morgan fingerprint density at radius 1 is 1.04 bits per heavy atom. The number of hydrogen-bond donors (Lipinski definition) is 3. The van der Waals surface area contributed by atoms with Crippen LogP contribution in [-0.4, -0.2) is 21.9 Å². The largest absolute Gasteiger partial charge is 0.481 e. The quantitative estimate of drug-likeness (QED) is 0.465. The van der Waals surface area contributed by atoms with E-state index < -0.39 is 5.97 Å². The Hall–Kier alpha value is -2.99. The first kappa shape index (κ1) is 16.9. The van der Waals surface area contributed by atoms with Crippen molar-refractivity contribution in [3.8, 4) is 22.4 Å². The number of rotatable bonds is 6. The van der Waals surface area contributed by atoms with E-state index in [4.69, 9.17) is 16.2 Å². The highest BCUT2D eigenvalue weighted by atomic mass is 32.1. The number of nitrogens with zero attached hydrogens (tertiary/aromatic N) is 1. The van der Waals surface area contributed by atoms with Crippen LogP contribution < -0.4 is 5.73 Å². The lowest BCUT2D eigenvalue weighted by atomic mass is 10.0. The average Bonchev–Trinajstić information content (AvgIpc) is 3.09. The Balaban J connectivity index is 1.76. The van der Waals surface area contributed by atoms with Crippen LogP contribution in [0, 0.1) is 5.41 Å². The number of carboxylic acids is 1. The maximum atomic E-state index is 10.6. The number of carboxylic acid groups (broad SMARTS) is 1. The van der Waals surface area contributed by atoms with Crippen molar-refractivity contribution in [2.45, 2.75) is 12.8 Å². The van der Waals surface area contributed by atoms with Gasteiger partial charge in [0.25, 0.3) is 0 Å². The first-order valence-electron chi connectivity index (χ1n) is 7.74. The van der Waals surface area contributed by atoms with Gasteiger partial charge in [-0.1, -0.05) is 48.5 Å². The molecule has 0 saturated carbocycles. The molecular formula is C19H17N3O2S. The Morgan fingerprint density at radius 2 is 1.60 bits per heavy atom. The Bertz CT molecular complexity index is 899. The van der Waals surface area contributed by atoms with Crippen LogP contribution in [0.3, 0.4) is 0 Å². The number of amidine groups is 1. The van der Waals surface area contributed by atoms with Crippen LogP contribution in [-0.2, 0) is 11.2 Å². The molecule has 126 valence electrons. The highest BCUT2D eigenvalue weighted by molar-refractivity contribution is 7.09. The molecule has 4 N–H and O–H groups in total. The summed E-state index contributed by atoms with van der Waals surface area (Å²) in [5.41, 5.74) is 10.2. The third-order valence-electron chi connectivity index (χ3n) is 3.81. The van der Waals surface area contributed by atoms with Gasteiger partial charge in [-0.25, -0.2) is 4.98 Å². The van der Waals surface area contributed by atoms with E-state index in [0.29, 0.717) is 12.0 Å². The zero-order valence-corrected chi connectivity index (χ0v) is 14.2. The molecule has 0 amide bonds. The lowest BCUT2D eigenvalue weighted by Gasteiger charge is -2.05. The van der Waals surface area contributed by atoms with E-state index in [9.17, 15) is 4.79 Å². The predicted octanol–water partition coefficient (Wildman–Crippen LogP) is 3.78. The van der Waals surface area contributed by atoms with E-state index in [1.807, 2.05) is 53.9 Å². The number of carbonyl (C=O) groups is 1. The first-order valence-corrected chi connectivity index (χ1v) is 8.62. The van der Waals surface area contributed by atoms with Crippen LogP contribution in [0.15, 0.2) is 53.9 Å². The second-order valence-electron chi connectivity index (χ2n) is 5.59. The third-order valence-corrected chi connectivity index (χ3v) is 4.72. The third kappa shape index (κ3) is 4.10. The monoisotopic (exact) mass is 351 g/mol. The maximum Gasteiger partial charge on any atom is 0.303 e. The number of nitrogens with one attached hydrogen (secondary N) is 1. The molecule has 1 aromatic heterocycles.